The lowest BCUT2D eigenvalue weighted by molar-refractivity contribution is -0.0395. The topological polar surface area (TPSA) is 6.48 Å². The molecule has 2 nitrogen and oxygen atoms in total. The average molecular weight is 395 g/mol. The molecule has 0 aromatic heterocycles. The highest BCUT2D eigenvalue weighted by molar-refractivity contribution is 4.97. The van der Waals surface area contributed by atoms with Crippen molar-refractivity contribution in [2.24, 2.45) is 10.8 Å². The Morgan fingerprint density at radius 1 is 0.536 bits per heavy atom. The van der Waals surface area contributed by atoms with E-state index < -0.39 is 0 Å². The van der Waals surface area contributed by atoms with Crippen LogP contribution in [0.15, 0.2) is 0 Å². The second kappa shape index (κ2) is 9.38. The fourth-order valence-corrected chi connectivity index (χ4v) is 4.73. The molecule has 1 aliphatic carbocycles. The smallest absolute Gasteiger partial charge is 0.0256 e. The van der Waals surface area contributed by atoms with Gasteiger partial charge < -0.3 is 0 Å². The van der Waals surface area contributed by atoms with Crippen LogP contribution in [-0.4, -0.2) is 46.1 Å². The van der Waals surface area contributed by atoms with Crippen LogP contribution in [0.25, 0.3) is 0 Å². The molecule has 0 saturated heterocycles. The van der Waals surface area contributed by atoms with Crippen molar-refractivity contribution in [3.8, 4) is 0 Å². The lowest BCUT2D eigenvalue weighted by Gasteiger charge is -2.53. The standard InChI is InChI=1S/C26H54N2/c1-23(2,3)17-19-27(25(7,8)9)21-15-13-14-16-22(21)28(26(10,11)12)20-18-24(4,5)6/h21-22H,13-20H2,1-12H3/t21-,22+. The number of rotatable bonds is 6. The molecule has 0 aliphatic heterocycles. The molecular weight excluding hydrogens is 340 g/mol. The van der Waals surface area contributed by atoms with Crippen molar-refractivity contribution in [3.63, 3.8) is 0 Å². The zero-order valence-corrected chi connectivity index (χ0v) is 21.7. The number of hydrogen-bond donors (Lipinski definition) is 0. The van der Waals surface area contributed by atoms with Crippen LogP contribution in [-0.2, 0) is 0 Å². The van der Waals surface area contributed by atoms with E-state index in [9.17, 15) is 0 Å². The molecule has 0 amide bonds. The maximum atomic E-state index is 2.87. The zero-order chi connectivity index (χ0) is 22.0. The molecule has 0 heterocycles. The molecule has 0 unspecified atom stereocenters. The van der Waals surface area contributed by atoms with Gasteiger partial charge in [-0.3, -0.25) is 9.80 Å². The van der Waals surface area contributed by atoms with Gasteiger partial charge in [0.2, 0.25) is 0 Å². The molecule has 28 heavy (non-hydrogen) atoms. The molecule has 0 radical (unpaired) electrons. The second-order valence-corrected chi connectivity index (χ2v) is 13.8. The molecule has 1 saturated carbocycles. The van der Waals surface area contributed by atoms with Crippen molar-refractivity contribution >= 4 is 0 Å². The normalized spacial score (nSPS) is 22.9. The number of hydrogen-bond acceptors (Lipinski definition) is 2. The Kier molecular flexibility index (Phi) is 8.69. The summed E-state index contributed by atoms with van der Waals surface area (Å²) >= 11 is 0. The Morgan fingerprint density at radius 3 is 1.04 bits per heavy atom. The third-order valence-electron chi connectivity index (χ3n) is 6.42. The van der Waals surface area contributed by atoms with Gasteiger partial charge in [0.25, 0.3) is 0 Å². The first kappa shape index (κ1) is 26.0. The van der Waals surface area contributed by atoms with Crippen LogP contribution in [0, 0.1) is 10.8 Å². The van der Waals surface area contributed by atoms with E-state index in [1.54, 1.807) is 0 Å². The largest absolute Gasteiger partial charge is 0.294 e. The summed E-state index contributed by atoms with van der Waals surface area (Å²) in [6, 6.07) is 1.35. The molecule has 1 aliphatic rings. The molecule has 2 atom stereocenters. The first-order chi connectivity index (χ1) is 12.4. The highest BCUT2D eigenvalue weighted by Gasteiger charge is 2.41. The van der Waals surface area contributed by atoms with Crippen molar-refractivity contribution in [2.45, 2.75) is 145 Å². The van der Waals surface area contributed by atoms with Crippen molar-refractivity contribution in [1.29, 1.82) is 0 Å². The monoisotopic (exact) mass is 394 g/mol. The van der Waals surface area contributed by atoms with Crippen LogP contribution in [0.4, 0.5) is 0 Å². The quantitative estimate of drug-likeness (QED) is 0.464. The van der Waals surface area contributed by atoms with E-state index in [1.807, 2.05) is 0 Å². The van der Waals surface area contributed by atoms with Crippen molar-refractivity contribution in [2.75, 3.05) is 13.1 Å². The molecule has 0 N–H and O–H groups in total. The third kappa shape index (κ3) is 8.74. The molecule has 168 valence electrons. The number of nitrogens with zero attached hydrogens (tertiary/aromatic N) is 2. The van der Waals surface area contributed by atoms with Gasteiger partial charge in [0.05, 0.1) is 0 Å². The maximum Gasteiger partial charge on any atom is 0.0256 e. The summed E-state index contributed by atoms with van der Waals surface area (Å²) in [5.41, 5.74) is 1.23. The predicted molar refractivity (Wildman–Crippen MR) is 127 cm³/mol. The van der Waals surface area contributed by atoms with Gasteiger partial charge >= 0.3 is 0 Å². The summed E-state index contributed by atoms with van der Waals surface area (Å²) in [4.78, 5) is 5.75. The van der Waals surface area contributed by atoms with Crippen molar-refractivity contribution < 1.29 is 0 Å². The maximum absolute atomic E-state index is 2.87. The van der Waals surface area contributed by atoms with Crippen LogP contribution in [0.3, 0.4) is 0 Å². The summed E-state index contributed by atoms with van der Waals surface area (Å²) in [7, 11) is 0. The summed E-state index contributed by atoms with van der Waals surface area (Å²) in [5.74, 6) is 0. The van der Waals surface area contributed by atoms with Gasteiger partial charge in [-0.2, -0.15) is 0 Å². The van der Waals surface area contributed by atoms with Gasteiger partial charge in [0.1, 0.15) is 0 Å². The summed E-state index contributed by atoms with van der Waals surface area (Å²) < 4.78 is 0. The van der Waals surface area contributed by atoms with E-state index in [0.29, 0.717) is 22.9 Å². The van der Waals surface area contributed by atoms with Gasteiger partial charge in [0.15, 0.2) is 0 Å². The highest BCUT2D eigenvalue weighted by atomic mass is 15.3. The molecule has 1 fully saturated rings. The minimum atomic E-state index is 0.221. The van der Waals surface area contributed by atoms with Crippen molar-refractivity contribution in [3.05, 3.63) is 0 Å². The summed E-state index contributed by atoms with van der Waals surface area (Å²) in [6.07, 6.45) is 8.03. The molecule has 0 bridgehead atoms. The summed E-state index contributed by atoms with van der Waals surface area (Å²) in [6.45, 7) is 31.3. The fraction of sp³-hybridized carbons (Fsp3) is 1.00. The van der Waals surface area contributed by atoms with Gasteiger partial charge in [-0.15, -0.1) is 0 Å². The van der Waals surface area contributed by atoms with E-state index in [0.717, 1.165) is 0 Å². The Balaban J connectivity index is 3.15. The van der Waals surface area contributed by atoms with Gasteiger partial charge in [-0.05, 0) is 91.1 Å². The van der Waals surface area contributed by atoms with Crippen molar-refractivity contribution in [1.82, 2.24) is 9.80 Å². The Bertz CT molecular complexity index is 409. The fourth-order valence-electron chi connectivity index (χ4n) is 4.73. The van der Waals surface area contributed by atoms with Crippen LogP contribution >= 0.6 is 0 Å². The van der Waals surface area contributed by atoms with Gasteiger partial charge in [-0.25, -0.2) is 0 Å². The Morgan fingerprint density at radius 2 is 0.821 bits per heavy atom. The molecule has 2 heteroatoms. The Hall–Kier alpha value is -0.0800. The molecule has 0 aromatic carbocycles. The summed E-state index contributed by atoms with van der Waals surface area (Å²) in [5, 5.41) is 0. The molecule has 1 rings (SSSR count). The van der Waals surface area contributed by atoms with Crippen LogP contribution in [0.5, 0.6) is 0 Å². The predicted octanol–water partition coefficient (Wildman–Crippen LogP) is 7.37. The lowest BCUT2D eigenvalue weighted by Crippen LogP contribution is -2.62. The van der Waals surface area contributed by atoms with E-state index in [4.69, 9.17) is 0 Å². The first-order valence-electron chi connectivity index (χ1n) is 12.0. The van der Waals surface area contributed by atoms with Gasteiger partial charge in [0, 0.05) is 23.2 Å². The first-order valence-corrected chi connectivity index (χ1v) is 12.0. The van der Waals surface area contributed by atoms with E-state index in [1.165, 1.54) is 51.6 Å². The minimum absolute atomic E-state index is 0.221. The minimum Gasteiger partial charge on any atom is -0.294 e. The lowest BCUT2D eigenvalue weighted by atomic mass is 9.81. The molecular formula is C26H54N2. The second-order valence-electron chi connectivity index (χ2n) is 13.8. The van der Waals surface area contributed by atoms with E-state index in [-0.39, 0.29) is 11.1 Å². The van der Waals surface area contributed by atoms with Gasteiger partial charge in [-0.1, -0.05) is 54.4 Å². The van der Waals surface area contributed by atoms with E-state index >= 15 is 0 Å². The molecule has 0 spiro atoms. The average Bonchev–Trinajstić information content (AvgIpc) is 2.43. The Labute approximate surface area is 178 Å². The van der Waals surface area contributed by atoms with Crippen LogP contribution in [0.2, 0.25) is 0 Å². The SMILES string of the molecule is CC(C)(C)CCN([C@@H]1CCCC[C@@H]1N(CCC(C)(C)C)C(C)(C)C)C(C)(C)C. The van der Waals surface area contributed by atoms with Crippen LogP contribution < -0.4 is 0 Å². The third-order valence-corrected chi connectivity index (χ3v) is 6.42. The zero-order valence-electron chi connectivity index (χ0n) is 21.7. The molecule has 0 aromatic rings. The van der Waals surface area contributed by atoms with E-state index in [2.05, 4.69) is 92.9 Å². The highest BCUT2D eigenvalue weighted by Crippen LogP contribution is 2.36. The van der Waals surface area contributed by atoms with Crippen LogP contribution in [0.1, 0.15) is 122 Å².